The van der Waals surface area contributed by atoms with E-state index in [-0.39, 0.29) is 0 Å². The van der Waals surface area contributed by atoms with E-state index in [9.17, 15) is 0 Å². The average molecular weight is 319 g/mol. The van der Waals surface area contributed by atoms with Crippen molar-refractivity contribution in [3.8, 4) is 0 Å². The molecule has 1 N–H and O–H groups in total. The molecule has 1 atom stereocenters. The molecule has 3 nitrogen and oxygen atoms in total. The maximum atomic E-state index is 5.86. The lowest BCUT2D eigenvalue weighted by Crippen LogP contribution is -2.33. The summed E-state index contributed by atoms with van der Waals surface area (Å²) in [7, 11) is 0. The molecule has 2 heterocycles. The summed E-state index contributed by atoms with van der Waals surface area (Å²) in [6, 6.07) is 2.25. The predicted octanol–water partition coefficient (Wildman–Crippen LogP) is 3.39. The summed E-state index contributed by atoms with van der Waals surface area (Å²) in [6.45, 7) is 5.69. The molecule has 2 rings (SSSR count). The molecule has 1 aromatic heterocycles. The summed E-state index contributed by atoms with van der Waals surface area (Å²) in [6.07, 6.45) is 4.32. The molecule has 0 amide bonds. The van der Waals surface area contributed by atoms with Crippen LogP contribution in [0.1, 0.15) is 19.8 Å². The lowest BCUT2D eigenvalue weighted by atomic mass is 10.3. The fraction of sp³-hybridized carbons (Fsp3) is 0.583. The highest BCUT2D eigenvalue weighted by Crippen LogP contribution is 2.23. The van der Waals surface area contributed by atoms with Gasteiger partial charge in [-0.05, 0) is 54.9 Å². The van der Waals surface area contributed by atoms with Crippen molar-refractivity contribution in [3.63, 3.8) is 0 Å². The number of hydrogen-bond acceptors (Lipinski definition) is 3. The molecule has 17 heavy (non-hydrogen) atoms. The van der Waals surface area contributed by atoms with Crippen molar-refractivity contribution in [2.75, 3.05) is 25.0 Å². The number of nitrogens with one attached hydrogen (secondary N) is 1. The number of nitrogens with zero attached hydrogens (tertiary/aromatic N) is 2. The zero-order chi connectivity index (χ0) is 12.3. The minimum absolute atomic E-state index is 0.387. The van der Waals surface area contributed by atoms with E-state index in [1.54, 1.807) is 6.20 Å². The van der Waals surface area contributed by atoms with Crippen LogP contribution in [0, 0.1) is 0 Å². The predicted molar refractivity (Wildman–Crippen MR) is 75.7 cm³/mol. The maximum absolute atomic E-state index is 5.86. The van der Waals surface area contributed by atoms with E-state index >= 15 is 0 Å². The second-order valence-corrected chi connectivity index (χ2v) is 5.83. The Kier molecular flexibility index (Phi) is 4.65. The van der Waals surface area contributed by atoms with E-state index in [1.807, 2.05) is 6.07 Å². The van der Waals surface area contributed by atoms with Gasteiger partial charge in [-0.3, -0.25) is 0 Å². The van der Waals surface area contributed by atoms with Gasteiger partial charge in [0.25, 0.3) is 0 Å². The first kappa shape index (κ1) is 13.1. The molecular formula is C12H17BrClN3. The van der Waals surface area contributed by atoms with Crippen LogP contribution in [0.15, 0.2) is 16.7 Å². The van der Waals surface area contributed by atoms with Gasteiger partial charge in [-0.25, -0.2) is 4.98 Å². The summed E-state index contributed by atoms with van der Waals surface area (Å²) >= 11 is 9.33. The van der Waals surface area contributed by atoms with Crippen LogP contribution in [0.4, 0.5) is 5.82 Å². The van der Waals surface area contributed by atoms with Gasteiger partial charge < -0.3 is 10.2 Å². The highest BCUT2D eigenvalue weighted by Gasteiger charge is 2.15. The first-order valence-electron chi connectivity index (χ1n) is 5.95. The summed E-state index contributed by atoms with van der Waals surface area (Å²) in [5.74, 6) is 0.862. The Morgan fingerprint density at radius 3 is 2.88 bits per heavy atom. The van der Waals surface area contributed by atoms with Crippen LogP contribution in [0.5, 0.6) is 0 Å². The van der Waals surface area contributed by atoms with E-state index < -0.39 is 0 Å². The topological polar surface area (TPSA) is 28.2 Å². The summed E-state index contributed by atoms with van der Waals surface area (Å²) in [4.78, 5) is 6.77. The molecule has 1 aliphatic heterocycles. The van der Waals surface area contributed by atoms with Crippen molar-refractivity contribution < 1.29 is 0 Å². The van der Waals surface area contributed by atoms with Crippen molar-refractivity contribution in [2.24, 2.45) is 0 Å². The molecule has 0 aromatic carbocycles. The van der Waals surface area contributed by atoms with Gasteiger partial charge in [0.05, 0.1) is 9.50 Å². The van der Waals surface area contributed by atoms with E-state index in [4.69, 9.17) is 11.6 Å². The molecule has 1 aromatic rings. The molecule has 0 spiro atoms. The molecule has 94 valence electrons. The van der Waals surface area contributed by atoms with Gasteiger partial charge in [0, 0.05) is 18.8 Å². The third-order valence-corrected chi connectivity index (χ3v) is 3.73. The van der Waals surface area contributed by atoms with Crippen LogP contribution < -0.4 is 5.32 Å². The Morgan fingerprint density at radius 2 is 2.24 bits per heavy atom. The molecule has 0 radical (unpaired) electrons. The number of aromatic nitrogens is 1. The Bertz CT molecular complexity index is 380. The Balaban J connectivity index is 1.90. The number of rotatable bonds is 4. The Morgan fingerprint density at radius 1 is 1.53 bits per heavy atom. The standard InChI is InChI=1S/C12H17BrClN3/c1-9(8-17-4-2-3-5-17)16-12-11(13)6-10(14)7-15-12/h6-7,9H,2-5,8H2,1H3,(H,15,16). The molecule has 0 saturated carbocycles. The molecule has 1 unspecified atom stereocenters. The molecule has 0 bridgehead atoms. The average Bonchev–Trinajstić information content (AvgIpc) is 2.75. The van der Waals surface area contributed by atoms with Crippen LogP contribution >= 0.6 is 27.5 Å². The van der Waals surface area contributed by atoms with Gasteiger partial charge in [0.15, 0.2) is 0 Å². The number of anilines is 1. The highest BCUT2D eigenvalue weighted by molar-refractivity contribution is 9.10. The second-order valence-electron chi connectivity index (χ2n) is 4.54. The van der Waals surface area contributed by atoms with Crippen molar-refractivity contribution >= 4 is 33.3 Å². The fourth-order valence-corrected chi connectivity index (χ4v) is 2.91. The minimum atomic E-state index is 0.387. The van der Waals surface area contributed by atoms with Crippen molar-refractivity contribution in [3.05, 3.63) is 21.8 Å². The number of pyridine rings is 1. The van der Waals surface area contributed by atoms with Crippen molar-refractivity contribution in [1.82, 2.24) is 9.88 Å². The van der Waals surface area contributed by atoms with Gasteiger partial charge in [0.2, 0.25) is 0 Å². The van der Waals surface area contributed by atoms with Crippen molar-refractivity contribution in [1.29, 1.82) is 0 Å². The van der Waals surface area contributed by atoms with E-state index in [2.05, 4.69) is 38.1 Å². The normalized spacial score (nSPS) is 18.3. The maximum Gasteiger partial charge on any atom is 0.140 e. The third kappa shape index (κ3) is 3.83. The first-order chi connectivity index (χ1) is 8.15. The first-order valence-corrected chi connectivity index (χ1v) is 7.12. The third-order valence-electron chi connectivity index (χ3n) is 2.92. The number of hydrogen-bond donors (Lipinski definition) is 1. The zero-order valence-corrected chi connectivity index (χ0v) is 12.3. The number of likely N-dealkylation sites (tertiary alicyclic amines) is 1. The van der Waals surface area contributed by atoms with Gasteiger partial charge in [-0.1, -0.05) is 11.6 Å². The smallest absolute Gasteiger partial charge is 0.140 e. The van der Waals surface area contributed by atoms with Gasteiger partial charge in [-0.2, -0.15) is 0 Å². The van der Waals surface area contributed by atoms with Crippen LogP contribution in [-0.2, 0) is 0 Å². The van der Waals surface area contributed by atoms with Gasteiger partial charge >= 0.3 is 0 Å². The molecular weight excluding hydrogens is 302 g/mol. The van der Waals surface area contributed by atoms with E-state index in [0.717, 1.165) is 16.8 Å². The zero-order valence-electron chi connectivity index (χ0n) is 9.92. The van der Waals surface area contributed by atoms with Crippen LogP contribution in [-0.4, -0.2) is 35.6 Å². The lowest BCUT2D eigenvalue weighted by Gasteiger charge is -2.22. The van der Waals surface area contributed by atoms with Gasteiger partial charge in [0.1, 0.15) is 5.82 Å². The Hall–Kier alpha value is -0.320. The van der Waals surface area contributed by atoms with Crippen LogP contribution in [0.25, 0.3) is 0 Å². The van der Waals surface area contributed by atoms with Crippen molar-refractivity contribution in [2.45, 2.75) is 25.8 Å². The molecule has 0 aliphatic carbocycles. The summed E-state index contributed by atoms with van der Waals surface area (Å²) < 4.78 is 0.915. The van der Waals surface area contributed by atoms with E-state index in [0.29, 0.717) is 11.1 Å². The Labute approximate surface area is 116 Å². The summed E-state index contributed by atoms with van der Waals surface area (Å²) in [5.41, 5.74) is 0. The fourth-order valence-electron chi connectivity index (χ4n) is 2.15. The molecule has 1 fully saturated rings. The minimum Gasteiger partial charge on any atom is -0.365 e. The summed E-state index contributed by atoms with van der Waals surface area (Å²) in [5, 5.41) is 4.05. The van der Waals surface area contributed by atoms with Crippen LogP contribution in [0.3, 0.4) is 0 Å². The van der Waals surface area contributed by atoms with E-state index in [1.165, 1.54) is 25.9 Å². The number of halogens is 2. The highest BCUT2D eigenvalue weighted by atomic mass is 79.9. The second kappa shape index (κ2) is 6.03. The molecule has 1 saturated heterocycles. The largest absolute Gasteiger partial charge is 0.365 e. The molecule has 1 aliphatic rings. The SMILES string of the molecule is CC(CN1CCCC1)Nc1ncc(Cl)cc1Br. The lowest BCUT2D eigenvalue weighted by molar-refractivity contribution is 0.327. The van der Waals surface area contributed by atoms with Gasteiger partial charge in [-0.15, -0.1) is 0 Å². The molecule has 5 heteroatoms. The van der Waals surface area contributed by atoms with Crippen LogP contribution in [0.2, 0.25) is 5.02 Å². The quantitative estimate of drug-likeness (QED) is 0.922. The monoisotopic (exact) mass is 317 g/mol.